The van der Waals surface area contributed by atoms with Gasteiger partial charge in [-0.2, -0.15) is 5.10 Å². The van der Waals surface area contributed by atoms with Gasteiger partial charge in [-0.25, -0.2) is 23.8 Å². The van der Waals surface area contributed by atoms with E-state index in [1.807, 2.05) is 0 Å². The number of nitrogens with zero attached hydrogens (tertiary/aromatic N) is 6. The molecule has 1 saturated heterocycles. The highest BCUT2D eigenvalue weighted by Gasteiger charge is 2.35. The number of carbonyl (C=O) groups excluding carboxylic acids is 2. The fourth-order valence-corrected chi connectivity index (χ4v) is 3.79. The van der Waals surface area contributed by atoms with Crippen molar-refractivity contribution < 1.29 is 18.4 Å². The van der Waals surface area contributed by atoms with E-state index in [-0.39, 0.29) is 17.6 Å². The predicted octanol–water partition coefficient (Wildman–Crippen LogP) is 1.42. The zero-order chi connectivity index (χ0) is 21.3. The molecule has 0 unspecified atom stereocenters. The summed E-state index contributed by atoms with van der Waals surface area (Å²) < 4.78 is 28.0. The highest BCUT2D eigenvalue weighted by Crippen LogP contribution is 2.32. The van der Waals surface area contributed by atoms with Crippen LogP contribution in [0.1, 0.15) is 41.4 Å². The van der Waals surface area contributed by atoms with E-state index >= 15 is 0 Å². The Morgan fingerprint density at radius 1 is 1.13 bits per heavy atom. The molecule has 4 heterocycles. The first-order valence-electron chi connectivity index (χ1n) is 9.47. The van der Waals surface area contributed by atoms with Gasteiger partial charge < -0.3 is 10.6 Å². The first kappa shape index (κ1) is 19.8. The van der Waals surface area contributed by atoms with Gasteiger partial charge >= 0.3 is 0 Å². The summed E-state index contributed by atoms with van der Waals surface area (Å²) in [4.78, 5) is 37.3. The zero-order valence-corrected chi connectivity index (χ0v) is 15.9. The van der Waals surface area contributed by atoms with Crippen molar-refractivity contribution in [3.8, 4) is 0 Å². The molecule has 0 aromatic carbocycles. The molecule has 2 aliphatic heterocycles. The summed E-state index contributed by atoms with van der Waals surface area (Å²) in [5.74, 6) is -2.79. The van der Waals surface area contributed by atoms with Crippen LogP contribution in [0.15, 0.2) is 29.9 Å². The summed E-state index contributed by atoms with van der Waals surface area (Å²) in [6, 6.07) is 0.958. The van der Waals surface area contributed by atoms with Crippen molar-refractivity contribution in [1.82, 2.24) is 20.0 Å². The average molecular weight is 415 g/mol. The average Bonchev–Trinajstić information content (AvgIpc) is 3.23. The highest BCUT2D eigenvalue weighted by atomic mass is 19.1. The third kappa shape index (κ3) is 3.70. The van der Waals surface area contributed by atoms with Gasteiger partial charge in [0.2, 0.25) is 5.91 Å². The van der Waals surface area contributed by atoms with Crippen LogP contribution in [0.5, 0.6) is 0 Å². The topological polar surface area (TPSA) is 118 Å². The molecule has 11 heteroatoms. The predicted molar refractivity (Wildman–Crippen MR) is 102 cm³/mol. The van der Waals surface area contributed by atoms with Crippen LogP contribution in [-0.2, 0) is 4.79 Å². The van der Waals surface area contributed by atoms with Crippen LogP contribution in [0.25, 0.3) is 0 Å². The number of primary amides is 1. The number of piperidine rings is 1. The molecule has 0 spiro atoms. The number of anilines is 1. The molecule has 2 aromatic rings. The van der Waals surface area contributed by atoms with Crippen molar-refractivity contribution in [3.05, 3.63) is 47.7 Å². The van der Waals surface area contributed by atoms with E-state index in [4.69, 9.17) is 5.73 Å². The van der Waals surface area contributed by atoms with E-state index < -0.39 is 29.3 Å². The lowest BCUT2D eigenvalue weighted by molar-refractivity contribution is -0.138. The van der Waals surface area contributed by atoms with Crippen LogP contribution in [0.2, 0.25) is 0 Å². The summed E-state index contributed by atoms with van der Waals surface area (Å²) in [5.41, 5.74) is 5.26. The molecule has 156 valence electrons. The minimum atomic E-state index is -0.967. The monoisotopic (exact) mass is 415 g/mol. The Bertz CT molecular complexity index is 1010. The largest absolute Gasteiger partial charge is 0.364 e. The van der Waals surface area contributed by atoms with Crippen molar-refractivity contribution in [2.45, 2.75) is 25.3 Å². The summed E-state index contributed by atoms with van der Waals surface area (Å²) >= 11 is 0. The van der Waals surface area contributed by atoms with E-state index in [0.29, 0.717) is 37.9 Å². The highest BCUT2D eigenvalue weighted by molar-refractivity contribution is 5.91. The molecule has 2 N–H and O–H groups in total. The second kappa shape index (κ2) is 8.09. The zero-order valence-electron chi connectivity index (χ0n) is 15.9. The van der Waals surface area contributed by atoms with Gasteiger partial charge in [-0.05, 0) is 24.5 Å². The number of amides is 2. The maximum atomic E-state index is 14.5. The van der Waals surface area contributed by atoms with E-state index in [0.717, 1.165) is 12.5 Å². The molecular formula is C19H19F2N7O2. The Kier molecular flexibility index (Phi) is 5.34. The van der Waals surface area contributed by atoms with E-state index in [9.17, 15) is 18.4 Å². The summed E-state index contributed by atoms with van der Waals surface area (Å²) in [6.07, 6.45) is 6.74. The van der Waals surface area contributed by atoms with Crippen LogP contribution in [0.3, 0.4) is 0 Å². The second-order valence-corrected chi connectivity index (χ2v) is 7.15. The van der Waals surface area contributed by atoms with Gasteiger partial charge in [-0.1, -0.05) is 0 Å². The number of hydrazone groups is 1. The van der Waals surface area contributed by atoms with Gasteiger partial charge in [0.05, 0.1) is 12.2 Å². The third-order valence-electron chi connectivity index (χ3n) is 5.31. The van der Waals surface area contributed by atoms with Gasteiger partial charge in [-0.3, -0.25) is 14.6 Å². The Morgan fingerprint density at radius 2 is 1.90 bits per heavy atom. The maximum absolute atomic E-state index is 14.5. The SMILES string of the molecule is NC(=O)c1ncnc(N2CCC(C(=O)N3N=CC[C@H]3c3cncc(F)c3)CC2)c1F. The summed E-state index contributed by atoms with van der Waals surface area (Å²) in [6.45, 7) is 0.735. The normalized spacial score (nSPS) is 19.3. The number of hydrogen-bond acceptors (Lipinski definition) is 7. The third-order valence-corrected chi connectivity index (χ3v) is 5.31. The van der Waals surface area contributed by atoms with E-state index in [1.54, 1.807) is 11.1 Å². The molecule has 0 bridgehead atoms. The van der Waals surface area contributed by atoms with Crippen LogP contribution in [0.4, 0.5) is 14.6 Å². The Morgan fingerprint density at radius 3 is 2.60 bits per heavy atom. The van der Waals surface area contributed by atoms with Crippen LogP contribution < -0.4 is 10.6 Å². The standard InChI is InChI=1S/C19H19F2N7O2/c20-13-7-12(8-23-9-13)14-1-4-26-28(14)19(30)11-2-5-27(6-3-11)18-15(21)16(17(22)29)24-10-25-18/h4,7-11,14H,1-3,5-6H2,(H2,22,29)/t14-/m0/s1. The molecule has 2 aromatic heterocycles. The number of hydrogen-bond donors (Lipinski definition) is 1. The van der Waals surface area contributed by atoms with Crippen molar-refractivity contribution in [2.24, 2.45) is 16.8 Å². The van der Waals surface area contributed by atoms with Gasteiger partial charge in [0.25, 0.3) is 5.91 Å². The van der Waals surface area contributed by atoms with Crippen LogP contribution in [0, 0.1) is 17.6 Å². The van der Waals surface area contributed by atoms with Crippen LogP contribution >= 0.6 is 0 Å². The molecular weight excluding hydrogens is 396 g/mol. The van der Waals surface area contributed by atoms with Gasteiger partial charge in [0.1, 0.15) is 12.1 Å². The van der Waals surface area contributed by atoms with E-state index in [2.05, 4.69) is 20.1 Å². The van der Waals surface area contributed by atoms with Gasteiger partial charge in [-0.15, -0.1) is 0 Å². The maximum Gasteiger partial charge on any atom is 0.270 e. The molecule has 2 amide bonds. The molecule has 9 nitrogen and oxygen atoms in total. The van der Waals surface area contributed by atoms with Gasteiger partial charge in [0.15, 0.2) is 17.3 Å². The molecule has 0 saturated carbocycles. The molecule has 0 radical (unpaired) electrons. The molecule has 2 aliphatic rings. The lowest BCUT2D eigenvalue weighted by atomic mass is 9.94. The Labute approximate surface area is 170 Å². The van der Waals surface area contributed by atoms with Crippen molar-refractivity contribution >= 4 is 23.8 Å². The molecule has 0 aliphatic carbocycles. The fourth-order valence-electron chi connectivity index (χ4n) is 3.79. The molecule has 1 fully saturated rings. The molecule has 30 heavy (non-hydrogen) atoms. The Balaban J connectivity index is 1.44. The van der Waals surface area contributed by atoms with Crippen molar-refractivity contribution in [2.75, 3.05) is 18.0 Å². The summed E-state index contributed by atoms with van der Waals surface area (Å²) in [7, 11) is 0. The van der Waals surface area contributed by atoms with Crippen molar-refractivity contribution in [1.29, 1.82) is 0 Å². The Hall–Kier alpha value is -3.50. The first-order chi connectivity index (χ1) is 14.5. The lowest BCUT2D eigenvalue weighted by Gasteiger charge is -2.34. The fraction of sp³-hybridized carbons (Fsp3) is 0.368. The molecule has 4 rings (SSSR count). The van der Waals surface area contributed by atoms with Crippen molar-refractivity contribution in [3.63, 3.8) is 0 Å². The van der Waals surface area contributed by atoms with E-state index in [1.165, 1.54) is 17.3 Å². The molecule has 1 atom stereocenters. The number of nitrogens with two attached hydrogens (primary N) is 1. The number of rotatable bonds is 4. The number of carbonyl (C=O) groups is 2. The second-order valence-electron chi connectivity index (χ2n) is 7.15. The van der Waals surface area contributed by atoms with Crippen LogP contribution in [-0.4, -0.2) is 51.1 Å². The quantitative estimate of drug-likeness (QED) is 0.807. The minimum Gasteiger partial charge on any atom is -0.364 e. The number of aromatic nitrogens is 3. The first-order valence-corrected chi connectivity index (χ1v) is 9.47. The summed E-state index contributed by atoms with van der Waals surface area (Å²) in [5, 5.41) is 5.57. The lowest BCUT2D eigenvalue weighted by Crippen LogP contribution is -2.42. The number of halogens is 2. The smallest absolute Gasteiger partial charge is 0.270 e. The van der Waals surface area contributed by atoms with Gasteiger partial charge in [0, 0.05) is 37.8 Å². The number of pyridine rings is 1. The minimum absolute atomic E-state index is 0.00685.